The van der Waals surface area contributed by atoms with Gasteiger partial charge in [0.25, 0.3) is 0 Å². The second-order valence-corrected chi connectivity index (χ2v) is 4.97. The number of urea groups is 1. The third-order valence-electron chi connectivity index (χ3n) is 3.74. The van der Waals surface area contributed by atoms with Gasteiger partial charge < -0.3 is 29.5 Å². The van der Waals surface area contributed by atoms with Crippen LogP contribution in [-0.2, 0) is 19.0 Å². The first kappa shape index (κ1) is 15.0. The highest BCUT2D eigenvalue weighted by Gasteiger charge is 2.37. The second kappa shape index (κ2) is 6.38. The number of hydrogen-bond acceptors (Lipinski definition) is 5. The van der Waals surface area contributed by atoms with Crippen molar-refractivity contribution < 1.29 is 28.9 Å². The molecule has 2 aliphatic heterocycles. The molecule has 0 aromatic carbocycles. The number of carboxylic acids is 1. The largest absolute Gasteiger partial charge is 0.480 e. The number of hydrogen-bond donors (Lipinski definition) is 2. The van der Waals surface area contributed by atoms with Gasteiger partial charge in [-0.05, 0) is 0 Å². The van der Waals surface area contributed by atoms with Gasteiger partial charge in [0.05, 0.1) is 26.4 Å². The molecule has 2 rings (SSSR count). The van der Waals surface area contributed by atoms with Gasteiger partial charge in [-0.15, -0.1) is 0 Å². The molecule has 0 aromatic rings. The topological polar surface area (TPSA) is 97.3 Å². The molecule has 2 aliphatic rings. The number of carbonyl (C=O) groups excluding carboxylic acids is 1. The molecule has 2 fully saturated rings. The minimum atomic E-state index is -1.06. The monoisotopic (exact) mass is 288 g/mol. The Morgan fingerprint density at radius 3 is 2.85 bits per heavy atom. The minimum absolute atomic E-state index is 0.0152. The Morgan fingerprint density at radius 1 is 1.45 bits per heavy atom. The number of methoxy groups -OCH3 is 1. The van der Waals surface area contributed by atoms with Crippen molar-refractivity contribution in [2.45, 2.75) is 18.1 Å². The maximum Gasteiger partial charge on any atom is 0.328 e. The molecule has 2 amide bonds. The molecule has 2 N–H and O–H groups in total. The molecule has 0 spiro atoms. The van der Waals surface area contributed by atoms with E-state index in [0.29, 0.717) is 32.8 Å². The Kier molecular flexibility index (Phi) is 4.79. The molecule has 2 atom stereocenters. The van der Waals surface area contributed by atoms with Crippen LogP contribution in [0.3, 0.4) is 0 Å². The molecule has 8 nitrogen and oxygen atoms in total. The highest BCUT2D eigenvalue weighted by atomic mass is 16.5. The fourth-order valence-electron chi connectivity index (χ4n) is 2.35. The molecule has 2 saturated heterocycles. The van der Waals surface area contributed by atoms with Crippen LogP contribution in [0.25, 0.3) is 0 Å². The van der Waals surface area contributed by atoms with Gasteiger partial charge >= 0.3 is 12.0 Å². The standard InChI is InChI=1S/C12H20N2O6/c1-18-12(2-4-20-8-12)7-13-11(17)14-3-5-19-6-9(14)10(15)16/h9H,2-8H2,1H3,(H,13,17)(H,15,16). The van der Waals surface area contributed by atoms with Crippen molar-refractivity contribution in [3.8, 4) is 0 Å². The van der Waals surface area contributed by atoms with Crippen molar-refractivity contribution in [3.05, 3.63) is 0 Å². The molecule has 0 bridgehead atoms. The third-order valence-corrected chi connectivity index (χ3v) is 3.74. The first-order chi connectivity index (χ1) is 9.58. The fraction of sp³-hybridized carbons (Fsp3) is 0.833. The quantitative estimate of drug-likeness (QED) is 0.709. The van der Waals surface area contributed by atoms with Crippen molar-refractivity contribution in [1.29, 1.82) is 0 Å². The molecule has 0 aliphatic carbocycles. The molecule has 0 radical (unpaired) electrons. The van der Waals surface area contributed by atoms with Gasteiger partial charge in [-0.2, -0.15) is 0 Å². The lowest BCUT2D eigenvalue weighted by atomic mass is 10.0. The van der Waals surface area contributed by atoms with Crippen LogP contribution in [0.4, 0.5) is 4.79 Å². The van der Waals surface area contributed by atoms with Crippen LogP contribution in [0, 0.1) is 0 Å². The summed E-state index contributed by atoms with van der Waals surface area (Å²) in [7, 11) is 1.58. The molecule has 114 valence electrons. The summed E-state index contributed by atoms with van der Waals surface area (Å²) in [5.74, 6) is -1.06. The number of aliphatic carboxylic acids is 1. The number of carboxylic acid groups (broad SMARTS) is 1. The second-order valence-electron chi connectivity index (χ2n) is 4.97. The lowest BCUT2D eigenvalue weighted by molar-refractivity contribution is -0.147. The van der Waals surface area contributed by atoms with Gasteiger partial charge in [-0.1, -0.05) is 0 Å². The molecule has 2 unspecified atom stereocenters. The van der Waals surface area contributed by atoms with Gasteiger partial charge in [0.2, 0.25) is 0 Å². The smallest absolute Gasteiger partial charge is 0.328 e. The molecular formula is C12H20N2O6. The molecular weight excluding hydrogens is 268 g/mol. The van der Waals surface area contributed by atoms with Gasteiger partial charge in [0.15, 0.2) is 6.04 Å². The van der Waals surface area contributed by atoms with E-state index in [-0.39, 0.29) is 13.2 Å². The van der Waals surface area contributed by atoms with Crippen molar-refractivity contribution in [2.24, 2.45) is 0 Å². The van der Waals surface area contributed by atoms with Gasteiger partial charge in [-0.3, -0.25) is 0 Å². The molecule has 0 saturated carbocycles. The SMILES string of the molecule is COC1(CNC(=O)N2CCOCC2C(=O)O)CCOC1. The minimum Gasteiger partial charge on any atom is -0.480 e. The van der Waals surface area contributed by atoms with E-state index in [1.807, 2.05) is 0 Å². The number of ether oxygens (including phenoxy) is 3. The molecule has 8 heteroatoms. The predicted octanol–water partition coefficient (Wildman–Crippen LogP) is -0.713. The Morgan fingerprint density at radius 2 is 2.25 bits per heavy atom. The number of nitrogens with one attached hydrogen (secondary N) is 1. The van der Waals surface area contributed by atoms with E-state index in [1.54, 1.807) is 7.11 Å². The Labute approximate surface area is 117 Å². The fourth-order valence-corrected chi connectivity index (χ4v) is 2.35. The predicted molar refractivity (Wildman–Crippen MR) is 67.5 cm³/mol. The summed E-state index contributed by atoms with van der Waals surface area (Å²) in [6, 6.07) is -1.36. The van der Waals surface area contributed by atoms with Crippen molar-refractivity contribution in [1.82, 2.24) is 10.2 Å². The zero-order chi connectivity index (χ0) is 14.6. The van der Waals surface area contributed by atoms with Gasteiger partial charge in [0.1, 0.15) is 5.60 Å². The van der Waals surface area contributed by atoms with Crippen LogP contribution in [0.5, 0.6) is 0 Å². The van der Waals surface area contributed by atoms with E-state index in [9.17, 15) is 9.59 Å². The Bertz CT molecular complexity index is 369. The van der Waals surface area contributed by atoms with Crippen LogP contribution in [0.15, 0.2) is 0 Å². The van der Waals surface area contributed by atoms with Gasteiger partial charge in [-0.25, -0.2) is 9.59 Å². The Balaban J connectivity index is 1.91. The summed E-state index contributed by atoms with van der Waals surface area (Å²) >= 11 is 0. The number of rotatable bonds is 4. The first-order valence-electron chi connectivity index (χ1n) is 6.56. The van der Waals surface area contributed by atoms with Crippen LogP contribution in [0.2, 0.25) is 0 Å². The van der Waals surface area contributed by atoms with E-state index in [2.05, 4.69) is 5.32 Å². The third kappa shape index (κ3) is 3.20. The number of nitrogens with zero attached hydrogens (tertiary/aromatic N) is 1. The van der Waals surface area contributed by atoms with Crippen LogP contribution in [0.1, 0.15) is 6.42 Å². The number of morpholine rings is 1. The lowest BCUT2D eigenvalue weighted by Gasteiger charge is -2.34. The summed E-state index contributed by atoms with van der Waals surface area (Å²) < 4.78 is 15.8. The molecule has 20 heavy (non-hydrogen) atoms. The highest BCUT2D eigenvalue weighted by Crippen LogP contribution is 2.21. The first-order valence-corrected chi connectivity index (χ1v) is 6.56. The van der Waals surface area contributed by atoms with E-state index in [4.69, 9.17) is 19.3 Å². The van der Waals surface area contributed by atoms with Crippen LogP contribution in [-0.4, -0.2) is 80.3 Å². The lowest BCUT2D eigenvalue weighted by Crippen LogP contribution is -2.57. The summed E-state index contributed by atoms with van der Waals surface area (Å²) in [4.78, 5) is 24.5. The maximum atomic E-state index is 12.1. The van der Waals surface area contributed by atoms with E-state index in [1.165, 1.54) is 4.90 Å². The average molecular weight is 288 g/mol. The number of amides is 2. The summed E-state index contributed by atoms with van der Waals surface area (Å²) in [6.07, 6.45) is 0.704. The van der Waals surface area contributed by atoms with Crippen molar-refractivity contribution in [3.63, 3.8) is 0 Å². The van der Waals surface area contributed by atoms with Crippen molar-refractivity contribution in [2.75, 3.05) is 46.6 Å². The maximum absolute atomic E-state index is 12.1. The average Bonchev–Trinajstić information content (AvgIpc) is 2.94. The van der Waals surface area contributed by atoms with E-state index in [0.717, 1.165) is 0 Å². The molecule has 0 aromatic heterocycles. The summed E-state index contributed by atoms with van der Waals surface area (Å²) in [6.45, 7) is 1.94. The van der Waals surface area contributed by atoms with E-state index >= 15 is 0 Å². The number of carbonyl (C=O) groups is 2. The van der Waals surface area contributed by atoms with Crippen LogP contribution < -0.4 is 5.32 Å². The van der Waals surface area contributed by atoms with E-state index < -0.39 is 23.6 Å². The highest BCUT2D eigenvalue weighted by molar-refractivity contribution is 5.83. The van der Waals surface area contributed by atoms with Gasteiger partial charge in [0, 0.05) is 26.7 Å². The molecule has 2 heterocycles. The zero-order valence-corrected chi connectivity index (χ0v) is 11.5. The summed E-state index contributed by atoms with van der Waals surface area (Å²) in [5, 5.41) is 11.8. The Hall–Kier alpha value is -1.38. The summed E-state index contributed by atoms with van der Waals surface area (Å²) in [5.41, 5.74) is -0.513. The zero-order valence-electron chi connectivity index (χ0n) is 11.5. The van der Waals surface area contributed by atoms with Crippen LogP contribution >= 0.6 is 0 Å². The normalized spacial score (nSPS) is 30.2. The van der Waals surface area contributed by atoms with Crippen molar-refractivity contribution >= 4 is 12.0 Å².